The molecule has 128 valence electrons. The van der Waals surface area contributed by atoms with Crippen molar-refractivity contribution in [3.8, 4) is 5.75 Å². The lowest BCUT2D eigenvalue weighted by Gasteiger charge is -2.34. The van der Waals surface area contributed by atoms with Crippen LogP contribution in [-0.4, -0.2) is 74.0 Å². The van der Waals surface area contributed by atoms with Crippen LogP contribution in [0.15, 0.2) is 16.6 Å². The van der Waals surface area contributed by atoms with Crippen molar-refractivity contribution in [3.63, 3.8) is 0 Å². The van der Waals surface area contributed by atoms with Crippen molar-refractivity contribution in [3.05, 3.63) is 27.7 Å². The summed E-state index contributed by atoms with van der Waals surface area (Å²) in [7, 11) is -2.97. The fourth-order valence-electron chi connectivity index (χ4n) is 2.54. The first-order valence-corrected chi connectivity index (χ1v) is 10.2. The van der Waals surface area contributed by atoms with Crippen LogP contribution in [-0.2, 0) is 9.84 Å². The fraction of sp³-hybridized carbons (Fsp3) is 0.533. The summed E-state index contributed by atoms with van der Waals surface area (Å²) in [6, 6.07) is 3.44. The Morgan fingerprint density at radius 1 is 1.26 bits per heavy atom. The number of rotatable bonds is 4. The van der Waals surface area contributed by atoms with Crippen LogP contribution in [0.25, 0.3) is 0 Å². The highest BCUT2D eigenvalue weighted by Gasteiger charge is 2.25. The molecule has 0 unspecified atom stereocenters. The van der Waals surface area contributed by atoms with E-state index in [0.717, 1.165) is 5.56 Å². The Kier molecular flexibility index (Phi) is 5.70. The fourth-order valence-corrected chi connectivity index (χ4v) is 3.70. The van der Waals surface area contributed by atoms with E-state index in [1.54, 1.807) is 17.0 Å². The molecular weight excluding hydrogens is 384 g/mol. The van der Waals surface area contributed by atoms with Gasteiger partial charge in [0.1, 0.15) is 15.6 Å². The zero-order chi connectivity index (χ0) is 17.2. The number of amides is 1. The summed E-state index contributed by atoms with van der Waals surface area (Å²) in [5.41, 5.74) is 1.19. The lowest BCUT2D eigenvalue weighted by Crippen LogP contribution is -2.49. The average Bonchev–Trinajstić information content (AvgIpc) is 2.48. The van der Waals surface area contributed by atoms with Gasteiger partial charge in [-0.2, -0.15) is 0 Å². The van der Waals surface area contributed by atoms with Gasteiger partial charge in [0.15, 0.2) is 0 Å². The highest BCUT2D eigenvalue weighted by atomic mass is 79.9. The zero-order valence-corrected chi connectivity index (χ0v) is 15.7. The number of halogens is 1. The molecule has 1 aromatic carbocycles. The number of benzene rings is 1. The Bertz CT molecular complexity index is 698. The number of nitrogens with zero attached hydrogens (tertiary/aromatic N) is 2. The zero-order valence-electron chi connectivity index (χ0n) is 13.2. The van der Waals surface area contributed by atoms with Gasteiger partial charge in [-0.3, -0.25) is 9.69 Å². The van der Waals surface area contributed by atoms with Crippen LogP contribution in [0.2, 0.25) is 0 Å². The minimum Gasteiger partial charge on any atom is -0.506 e. The summed E-state index contributed by atoms with van der Waals surface area (Å²) in [5, 5.41) is 10.1. The molecule has 0 spiro atoms. The molecule has 2 rings (SSSR count). The Morgan fingerprint density at radius 2 is 1.87 bits per heavy atom. The molecule has 8 heteroatoms. The van der Waals surface area contributed by atoms with Gasteiger partial charge in [-0.1, -0.05) is 0 Å². The Hall–Kier alpha value is -1.12. The maximum Gasteiger partial charge on any atom is 0.257 e. The van der Waals surface area contributed by atoms with Gasteiger partial charge in [0.25, 0.3) is 5.91 Å². The number of aromatic hydroxyl groups is 1. The molecule has 0 aromatic heterocycles. The number of carbonyl (C=O) groups is 1. The molecule has 1 saturated heterocycles. The van der Waals surface area contributed by atoms with Crippen molar-refractivity contribution in [2.24, 2.45) is 0 Å². The molecule has 1 N–H and O–H groups in total. The molecule has 1 heterocycles. The van der Waals surface area contributed by atoms with Crippen LogP contribution < -0.4 is 0 Å². The number of sulfone groups is 1. The summed E-state index contributed by atoms with van der Waals surface area (Å²) in [5.74, 6) is -0.109. The molecule has 0 radical (unpaired) electrons. The van der Waals surface area contributed by atoms with E-state index >= 15 is 0 Å². The van der Waals surface area contributed by atoms with Crippen LogP contribution in [0.3, 0.4) is 0 Å². The molecule has 6 nitrogen and oxygen atoms in total. The van der Waals surface area contributed by atoms with Gasteiger partial charge in [-0.25, -0.2) is 8.42 Å². The number of aryl methyl sites for hydroxylation is 1. The first kappa shape index (κ1) is 18.2. The summed E-state index contributed by atoms with van der Waals surface area (Å²) < 4.78 is 22.9. The van der Waals surface area contributed by atoms with Crippen molar-refractivity contribution >= 4 is 31.7 Å². The standard InChI is InChI=1S/C15H21BrN2O4S/c1-11-9-12(14(19)13(16)10-11)15(20)18-5-3-17(4-6-18)7-8-23(2,21)22/h9-10,19H,3-8H2,1-2H3. The SMILES string of the molecule is Cc1cc(Br)c(O)c(C(=O)N2CCN(CCS(C)(=O)=O)CC2)c1. The van der Waals surface area contributed by atoms with Crippen LogP contribution in [0, 0.1) is 6.92 Å². The minimum atomic E-state index is -2.97. The molecule has 1 fully saturated rings. The predicted molar refractivity (Wildman–Crippen MR) is 92.6 cm³/mol. The topological polar surface area (TPSA) is 77.9 Å². The van der Waals surface area contributed by atoms with Crippen molar-refractivity contribution in [2.45, 2.75) is 6.92 Å². The van der Waals surface area contributed by atoms with E-state index < -0.39 is 9.84 Å². The molecule has 1 amide bonds. The summed E-state index contributed by atoms with van der Waals surface area (Å²) >= 11 is 3.25. The molecule has 1 aromatic rings. The highest BCUT2D eigenvalue weighted by molar-refractivity contribution is 9.10. The average molecular weight is 405 g/mol. The van der Waals surface area contributed by atoms with Gasteiger partial charge in [-0.15, -0.1) is 0 Å². The molecule has 0 bridgehead atoms. The number of hydrogen-bond acceptors (Lipinski definition) is 5. The Labute approximate surface area is 145 Å². The van der Waals surface area contributed by atoms with Gasteiger partial charge in [-0.05, 0) is 40.5 Å². The third-order valence-corrected chi connectivity index (χ3v) is 5.40. The molecule has 1 aliphatic heterocycles. The van der Waals surface area contributed by atoms with Crippen LogP contribution >= 0.6 is 15.9 Å². The first-order chi connectivity index (χ1) is 10.7. The van der Waals surface area contributed by atoms with E-state index in [9.17, 15) is 18.3 Å². The van der Waals surface area contributed by atoms with Crippen molar-refractivity contribution < 1.29 is 18.3 Å². The van der Waals surface area contributed by atoms with E-state index in [2.05, 4.69) is 15.9 Å². The number of carbonyl (C=O) groups excluding carboxylic acids is 1. The Balaban J connectivity index is 1.99. The second kappa shape index (κ2) is 7.19. The summed E-state index contributed by atoms with van der Waals surface area (Å²) in [4.78, 5) is 16.3. The van der Waals surface area contributed by atoms with Crippen LogP contribution in [0.1, 0.15) is 15.9 Å². The van der Waals surface area contributed by atoms with Gasteiger partial charge in [0, 0.05) is 39.0 Å². The molecule has 1 aliphatic rings. The normalized spacial score (nSPS) is 16.6. The van der Waals surface area contributed by atoms with E-state index in [4.69, 9.17) is 0 Å². The lowest BCUT2D eigenvalue weighted by molar-refractivity contribution is 0.0641. The van der Waals surface area contributed by atoms with Crippen molar-refractivity contribution in [1.29, 1.82) is 0 Å². The Morgan fingerprint density at radius 3 is 2.43 bits per heavy atom. The molecule has 0 aliphatic carbocycles. The van der Waals surface area contributed by atoms with Crippen molar-refractivity contribution in [2.75, 3.05) is 44.7 Å². The first-order valence-electron chi connectivity index (χ1n) is 7.36. The maximum absolute atomic E-state index is 12.6. The van der Waals surface area contributed by atoms with Crippen LogP contribution in [0.5, 0.6) is 5.75 Å². The molecule has 0 saturated carbocycles. The van der Waals surface area contributed by atoms with Gasteiger partial charge in [0.2, 0.25) is 0 Å². The van der Waals surface area contributed by atoms with Gasteiger partial charge in [0.05, 0.1) is 15.8 Å². The minimum absolute atomic E-state index is 0.0416. The van der Waals surface area contributed by atoms with E-state index in [1.165, 1.54) is 6.26 Å². The summed E-state index contributed by atoms with van der Waals surface area (Å²) in [6.07, 6.45) is 1.23. The quantitative estimate of drug-likeness (QED) is 0.817. The lowest BCUT2D eigenvalue weighted by atomic mass is 10.1. The van der Waals surface area contributed by atoms with Crippen LogP contribution in [0.4, 0.5) is 0 Å². The number of piperazine rings is 1. The highest BCUT2D eigenvalue weighted by Crippen LogP contribution is 2.30. The second-order valence-corrected chi connectivity index (χ2v) is 9.02. The van der Waals surface area contributed by atoms with Gasteiger partial charge >= 0.3 is 0 Å². The third kappa shape index (κ3) is 4.92. The maximum atomic E-state index is 12.6. The second-order valence-electron chi connectivity index (χ2n) is 5.91. The third-order valence-electron chi connectivity index (χ3n) is 3.88. The molecule has 0 atom stereocenters. The number of hydrogen-bond donors (Lipinski definition) is 1. The smallest absolute Gasteiger partial charge is 0.257 e. The van der Waals surface area contributed by atoms with E-state index in [1.807, 2.05) is 11.8 Å². The van der Waals surface area contributed by atoms with E-state index in [-0.39, 0.29) is 17.4 Å². The molecular formula is C15H21BrN2O4S. The predicted octanol–water partition coefficient (Wildman–Crippen LogP) is 1.27. The van der Waals surface area contributed by atoms with E-state index in [0.29, 0.717) is 42.8 Å². The van der Waals surface area contributed by atoms with Crippen molar-refractivity contribution in [1.82, 2.24) is 9.80 Å². The monoisotopic (exact) mass is 404 g/mol. The number of phenolic OH excluding ortho intramolecular Hbond substituents is 1. The summed E-state index contributed by atoms with van der Waals surface area (Å²) in [6.45, 7) is 4.66. The van der Waals surface area contributed by atoms with Gasteiger partial charge < -0.3 is 10.0 Å². The number of phenols is 1. The largest absolute Gasteiger partial charge is 0.506 e. The molecule has 23 heavy (non-hydrogen) atoms.